The molecule has 0 aromatic carbocycles. The minimum absolute atomic E-state index is 0.222. The summed E-state index contributed by atoms with van der Waals surface area (Å²) in [5.74, 6) is 0.613. The Kier molecular flexibility index (Phi) is 4.13. The lowest BCUT2D eigenvalue weighted by molar-refractivity contribution is 0.455. The second-order valence-electron chi connectivity index (χ2n) is 2.45. The molecule has 0 aromatic rings. The van der Waals surface area contributed by atoms with E-state index in [9.17, 15) is 0 Å². The molecule has 0 aliphatic carbocycles. The van der Waals surface area contributed by atoms with Crippen LogP contribution in [0.5, 0.6) is 0 Å². The van der Waals surface area contributed by atoms with Crippen LogP contribution in [0.1, 0.15) is 33.6 Å². The van der Waals surface area contributed by atoms with E-state index in [1.165, 1.54) is 0 Å². The predicted molar refractivity (Wildman–Crippen MR) is 40.1 cm³/mol. The molecule has 0 rings (SSSR count). The Balaban J connectivity index is 3.67. The van der Waals surface area contributed by atoms with Crippen molar-refractivity contribution < 1.29 is 0 Å². The van der Waals surface area contributed by atoms with Crippen LogP contribution in [0.3, 0.4) is 0 Å². The summed E-state index contributed by atoms with van der Waals surface area (Å²) in [7, 11) is 0. The summed E-state index contributed by atoms with van der Waals surface area (Å²) < 4.78 is 0. The normalized spacial score (nSPS) is 13.2. The van der Waals surface area contributed by atoms with Gasteiger partial charge in [-0.1, -0.05) is 13.8 Å². The third kappa shape index (κ3) is 2.51. The van der Waals surface area contributed by atoms with Crippen LogP contribution in [0, 0.1) is 12.5 Å². The van der Waals surface area contributed by atoms with Gasteiger partial charge in [0.25, 0.3) is 0 Å². The van der Waals surface area contributed by atoms with E-state index >= 15 is 0 Å². The number of rotatable bonds is 3. The molecule has 0 N–H and O–H groups in total. The molecule has 0 saturated carbocycles. The zero-order valence-corrected chi connectivity index (χ0v) is 6.52. The maximum atomic E-state index is 6.77. The van der Waals surface area contributed by atoms with Crippen LogP contribution >= 0.6 is 0 Å². The molecule has 0 aromatic heterocycles. The Morgan fingerprint density at radius 1 is 1.33 bits per heavy atom. The van der Waals surface area contributed by atoms with E-state index in [2.05, 4.69) is 18.7 Å². The van der Waals surface area contributed by atoms with Gasteiger partial charge in [-0.15, -0.1) is 0 Å². The van der Waals surface area contributed by atoms with E-state index in [0.717, 1.165) is 12.8 Å². The molecule has 1 unspecified atom stereocenters. The van der Waals surface area contributed by atoms with Gasteiger partial charge in [0.2, 0.25) is 6.04 Å². The Morgan fingerprint density at radius 2 is 1.78 bits per heavy atom. The second-order valence-corrected chi connectivity index (χ2v) is 2.45. The summed E-state index contributed by atoms with van der Waals surface area (Å²) in [6.07, 6.45) is 2.28. The standard InChI is InChI=1S/C8H15N/c1-5-8(6-2)7(3)9-4/h7-8H,5-6H2,1-3H3. The summed E-state index contributed by atoms with van der Waals surface area (Å²) in [5, 5.41) is 0. The van der Waals surface area contributed by atoms with E-state index in [4.69, 9.17) is 6.57 Å². The van der Waals surface area contributed by atoms with Gasteiger partial charge >= 0.3 is 0 Å². The first-order valence-corrected chi connectivity index (χ1v) is 3.62. The van der Waals surface area contributed by atoms with E-state index in [1.807, 2.05) is 6.92 Å². The molecule has 0 spiro atoms. The predicted octanol–water partition coefficient (Wildman–Crippen LogP) is 2.73. The fourth-order valence-corrected chi connectivity index (χ4v) is 1.08. The van der Waals surface area contributed by atoms with Crippen molar-refractivity contribution in [3.8, 4) is 0 Å². The van der Waals surface area contributed by atoms with Crippen molar-refractivity contribution in [1.29, 1.82) is 0 Å². The average molecular weight is 125 g/mol. The molecule has 0 amide bonds. The van der Waals surface area contributed by atoms with Crippen molar-refractivity contribution in [1.82, 2.24) is 0 Å². The summed E-state index contributed by atoms with van der Waals surface area (Å²) in [4.78, 5) is 3.48. The molecule has 0 bridgehead atoms. The second kappa shape index (κ2) is 4.38. The van der Waals surface area contributed by atoms with Crippen molar-refractivity contribution in [2.75, 3.05) is 0 Å². The molecule has 1 nitrogen and oxygen atoms in total. The van der Waals surface area contributed by atoms with Crippen LogP contribution in [0.15, 0.2) is 0 Å². The molecule has 9 heavy (non-hydrogen) atoms. The number of hydrogen-bond acceptors (Lipinski definition) is 0. The van der Waals surface area contributed by atoms with Crippen LogP contribution in [-0.4, -0.2) is 6.04 Å². The maximum Gasteiger partial charge on any atom is 0.223 e. The van der Waals surface area contributed by atoms with E-state index in [-0.39, 0.29) is 6.04 Å². The highest BCUT2D eigenvalue weighted by atomic mass is 14.7. The minimum atomic E-state index is 0.222. The molecule has 0 saturated heterocycles. The monoisotopic (exact) mass is 125 g/mol. The van der Waals surface area contributed by atoms with Gasteiger partial charge in [-0.3, -0.25) is 0 Å². The van der Waals surface area contributed by atoms with Gasteiger partial charge in [0, 0.05) is 12.8 Å². The largest absolute Gasteiger partial charge is 0.314 e. The Labute approximate surface area is 57.9 Å². The summed E-state index contributed by atoms with van der Waals surface area (Å²) >= 11 is 0. The molecule has 0 heterocycles. The van der Waals surface area contributed by atoms with Gasteiger partial charge in [0.05, 0.1) is 0 Å². The molecule has 1 heteroatoms. The summed E-state index contributed by atoms with van der Waals surface area (Å²) in [6.45, 7) is 13.1. The fraction of sp³-hybridized carbons (Fsp3) is 0.875. The smallest absolute Gasteiger partial charge is 0.223 e. The average Bonchev–Trinajstić information content (AvgIpc) is 1.90. The van der Waals surface area contributed by atoms with Gasteiger partial charge in [0.1, 0.15) is 0 Å². The molecule has 0 aliphatic rings. The Morgan fingerprint density at radius 3 is 1.89 bits per heavy atom. The Bertz CT molecular complexity index is 97.6. The van der Waals surface area contributed by atoms with Crippen LogP contribution in [-0.2, 0) is 0 Å². The van der Waals surface area contributed by atoms with Gasteiger partial charge in [-0.05, 0) is 12.8 Å². The van der Waals surface area contributed by atoms with E-state index in [1.54, 1.807) is 0 Å². The van der Waals surface area contributed by atoms with Gasteiger partial charge in [-0.25, -0.2) is 6.57 Å². The molecule has 0 aliphatic heterocycles. The van der Waals surface area contributed by atoms with Gasteiger partial charge in [-0.2, -0.15) is 0 Å². The highest BCUT2D eigenvalue weighted by molar-refractivity contribution is 4.79. The zero-order chi connectivity index (χ0) is 7.28. The van der Waals surface area contributed by atoms with Crippen LogP contribution < -0.4 is 0 Å². The lowest BCUT2D eigenvalue weighted by Crippen LogP contribution is -2.10. The SMILES string of the molecule is [C-]#[N+]C(C)C(CC)CC. The van der Waals surface area contributed by atoms with Crippen molar-refractivity contribution in [3.05, 3.63) is 11.4 Å². The van der Waals surface area contributed by atoms with Crippen molar-refractivity contribution in [2.24, 2.45) is 5.92 Å². The van der Waals surface area contributed by atoms with Crippen LogP contribution in [0.2, 0.25) is 0 Å². The van der Waals surface area contributed by atoms with Crippen molar-refractivity contribution in [2.45, 2.75) is 39.7 Å². The molecular formula is C8H15N. The summed E-state index contributed by atoms with van der Waals surface area (Å²) in [5.41, 5.74) is 0. The highest BCUT2D eigenvalue weighted by Crippen LogP contribution is 2.14. The first kappa shape index (κ1) is 8.49. The lowest BCUT2D eigenvalue weighted by atomic mass is 9.96. The number of nitrogens with zero attached hydrogens (tertiary/aromatic N) is 1. The number of hydrogen-bond donors (Lipinski definition) is 0. The first-order chi connectivity index (χ1) is 4.26. The van der Waals surface area contributed by atoms with Crippen LogP contribution in [0.25, 0.3) is 4.85 Å². The topological polar surface area (TPSA) is 4.36 Å². The lowest BCUT2D eigenvalue weighted by Gasteiger charge is -2.09. The molecule has 1 atom stereocenters. The highest BCUT2D eigenvalue weighted by Gasteiger charge is 2.15. The molecular weight excluding hydrogens is 110 g/mol. The molecule has 0 fully saturated rings. The van der Waals surface area contributed by atoms with Crippen molar-refractivity contribution in [3.63, 3.8) is 0 Å². The van der Waals surface area contributed by atoms with E-state index < -0.39 is 0 Å². The molecule has 52 valence electrons. The minimum Gasteiger partial charge on any atom is -0.314 e. The van der Waals surface area contributed by atoms with Crippen LogP contribution in [0.4, 0.5) is 0 Å². The summed E-state index contributed by atoms with van der Waals surface area (Å²) in [6, 6.07) is 0.222. The fourth-order valence-electron chi connectivity index (χ4n) is 1.08. The Hall–Kier alpha value is -0.510. The third-order valence-electron chi connectivity index (χ3n) is 1.93. The quantitative estimate of drug-likeness (QED) is 0.511. The van der Waals surface area contributed by atoms with Gasteiger partial charge in [0.15, 0.2) is 0 Å². The van der Waals surface area contributed by atoms with Gasteiger partial charge < -0.3 is 4.85 Å². The zero-order valence-electron chi connectivity index (χ0n) is 6.52. The van der Waals surface area contributed by atoms with Crippen molar-refractivity contribution >= 4 is 0 Å². The molecule has 0 radical (unpaired) electrons. The first-order valence-electron chi connectivity index (χ1n) is 3.62. The third-order valence-corrected chi connectivity index (χ3v) is 1.93. The van der Waals surface area contributed by atoms with E-state index in [0.29, 0.717) is 5.92 Å². The maximum absolute atomic E-state index is 6.77.